The topological polar surface area (TPSA) is 62.1 Å². The molecule has 0 spiro atoms. The maximum atomic E-state index is 12.2. The number of anilines is 1. The van der Waals surface area contributed by atoms with Crippen LogP contribution in [0.25, 0.3) is 6.08 Å². The van der Waals surface area contributed by atoms with Gasteiger partial charge in [0.25, 0.3) is 0 Å². The van der Waals surface area contributed by atoms with Crippen molar-refractivity contribution in [2.24, 2.45) is 0 Å². The number of nitrogens with one attached hydrogen (secondary N) is 1. The lowest BCUT2D eigenvalue weighted by molar-refractivity contribution is -0.111. The maximum absolute atomic E-state index is 12.2. The normalized spacial score (nSPS) is 13.2. The number of hydrogen-bond acceptors (Lipinski definition) is 4. The molecule has 1 aliphatic carbocycles. The fraction of sp³-hybridized carbons (Fsp3) is 0.333. The van der Waals surface area contributed by atoms with Crippen LogP contribution in [0.15, 0.2) is 30.3 Å². The molecule has 134 valence electrons. The molecule has 1 aromatic heterocycles. The van der Waals surface area contributed by atoms with Gasteiger partial charge >= 0.3 is 0 Å². The van der Waals surface area contributed by atoms with E-state index in [0.29, 0.717) is 17.2 Å². The van der Waals surface area contributed by atoms with Crippen LogP contribution >= 0.6 is 11.3 Å². The Labute approximate surface area is 158 Å². The zero-order chi connectivity index (χ0) is 18.4. The number of thiophene rings is 1. The van der Waals surface area contributed by atoms with E-state index >= 15 is 0 Å². The fourth-order valence-corrected chi connectivity index (χ4v) is 4.24. The smallest absolute Gasteiger partial charge is 0.249 e. The lowest BCUT2D eigenvalue weighted by Gasteiger charge is -2.09. The Kier molecular flexibility index (Phi) is 6.08. The van der Waals surface area contributed by atoms with E-state index in [1.807, 2.05) is 24.3 Å². The molecule has 26 heavy (non-hydrogen) atoms. The molecule has 0 atom stereocenters. The Morgan fingerprint density at radius 1 is 1.31 bits per heavy atom. The van der Waals surface area contributed by atoms with Gasteiger partial charge in [-0.1, -0.05) is 19.1 Å². The van der Waals surface area contributed by atoms with Crippen molar-refractivity contribution in [1.29, 1.82) is 5.26 Å². The van der Waals surface area contributed by atoms with Crippen molar-refractivity contribution in [3.8, 4) is 11.8 Å². The predicted octanol–water partition coefficient (Wildman–Crippen LogP) is 4.94. The van der Waals surface area contributed by atoms with Crippen LogP contribution in [0.4, 0.5) is 5.00 Å². The Bertz CT molecular complexity index is 844. The van der Waals surface area contributed by atoms with E-state index < -0.39 is 0 Å². The first-order chi connectivity index (χ1) is 12.7. The van der Waals surface area contributed by atoms with Crippen LogP contribution in [-0.2, 0) is 17.6 Å². The highest BCUT2D eigenvalue weighted by atomic mass is 32.1. The molecule has 0 aliphatic heterocycles. The van der Waals surface area contributed by atoms with Crippen LogP contribution in [0, 0.1) is 11.3 Å². The number of nitriles is 1. The first-order valence-corrected chi connectivity index (χ1v) is 9.79. The van der Waals surface area contributed by atoms with Gasteiger partial charge in [0.1, 0.15) is 16.8 Å². The van der Waals surface area contributed by atoms with Crippen molar-refractivity contribution in [2.45, 2.75) is 39.0 Å². The van der Waals surface area contributed by atoms with Gasteiger partial charge in [-0.15, -0.1) is 11.3 Å². The number of ether oxygens (including phenoxy) is 1. The zero-order valence-electron chi connectivity index (χ0n) is 14.9. The minimum Gasteiger partial charge on any atom is -0.494 e. The number of amides is 1. The number of carbonyl (C=O) groups is 1. The number of aryl methyl sites for hydroxylation is 1. The monoisotopic (exact) mass is 366 g/mol. The molecule has 0 bridgehead atoms. The fourth-order valence-electron chi connectivity index (χ4n) is 2.99. The summed E-state index contributed by atoms with van der Waals surface area (Å²) in [5.41, 5.74) is 2.70. The summed E-state index contributed by atoms with van der Waals surface area (Å²) < 4.78 is 5.55. The van der Waals surface area contributed by atoms with Crippen molar-refractivity contribution in [3.05, 3.63) is 51.9 Å². The number of hydrogen-bond donors (Lipinski definition) is 1. The average Bonchev–Trinajstić information content (AvgIpc) is 3.02. The minimum atomic E-state index is -0.216. The molecule has 1 amide bonds. The van der Waals surface area contributed by atoms with E-state index in [-0.39, 0.29) is 5.91 Å². The zero-order valence-corrected chi connectivity index (χ0v) is 15.7. The molecule has 4 nitrogen and oxygen atoms in total. The van der Waals surface area contributed by atoms with E-state index in [1.165, 1.54) is 11.0 Å². The second-order valence-electron chi connectivity index (χ2n) is 6.27. The largest absolute Gasteiger partial charge is 0.494 e. The summed E-state index contributed by atoms with van der Waals surface area (Å²) in [5, 5.41) is 13.0. The summed E-state index contributed by atoms with van der Waals surface area (Å²) in [6.07, 6.45) is 8.45. The SMILES string of the molecule is CCCOc1ccc(C=CC(=O)Nc2sc3c(c2C#N)CCCC3)cc1. The van der Waals surface area contributed by atoms with Gasteiger partial charge in [-0.25, -0.2) is 0 Å². The van der Waals surface area contributed by atoms with Crippen molar-refractivity contribution < 1.29 is 9.53 Å². The third kappa shape index (κ3) is 4.33. The van der Waals surface area contributed by atoms with Gasteiger partial charge in [0.05, 0.1) is 12.2 Å². The van der Waals surface area contributed by atoms with Gasteiger partial charge in [-0.2, -0.15) is 5.26 Å². The summed E-state index contributed by atoms with van der Waals surface area (Å²) in [6, 6.07) is 9.89. The van der Waals surface area contributed by atoms with E-state index in [1.54, 1.807) is 17.4 Å². The third-order valence-electron chi connectivity index (χ3n) is 4.30. The van der Waals surface area contributed by atoms with Crippen molar-refractivity contribution in [1.82, 2.24) is 0 Å². The number of carbonyl (C=O) groups excluding carboxylic acids is 1. The molecule has 1 N–H and O–H groups in total. The van der Waals surface area contributed by atoms with Gasteiger partial charge in [0, 0.05) is 11.0 Å². The number of fused-ring (bicyclic) bond motifs is 1. The molecule has 1 heterocycles. The Balaban J connectivity index is 1.65. The third-order valence-corrected chi connectivity index (χ3v) is 5.51. The van der Waals surface area contributed by atoms with E-state index in [9.17, 15) is 10.1 Å². The highest BCUT2D eigenvalue weighted by Crippen LogP contribution is 2.37. The van der Waals surface area contributed by atoms with E-state index in [2.05, 4.69) is 18.3 Å². The number of rotatable bonds is 6. The predicted molar refractivity (Wildman–Crippen MR) is 106 cm³/mol. The highest BCUT2D eigenvalue weighted by Gasteiger charge is 2.21. The van der Waals surface area contributed by atoms with Crippen LogP contribution < -0.4 is 10.1 Å². The highest BCUT2D eigenvalue weighted by molar-refractivity contribution is 7.16. The summed E-state index contributed by atoms with van der Waals surface area (Å²) in [5.74, 6) is 0.614. The number of nitrogens with zero attached hydrogens (tertiary/aromatic N) is 1. The molecular weight excluding hydrogens is 344 g/mol. The van der Waals surface area contributed by atoms with Crippen molar-refractivity contribution in [3.63, 3.8) is 0 Å². The average molecular weight is 366 g/mol. The summed E-state index contributed by atoms with van der Waals surface area (Å²) in [4.78, 5) is 13.5. The summed E-state index contributed by atoms with van der Waals surface area (Å²) >= 11 is 1.54. The van der Waals surface area contributed by atoms with Crippen molar-refractivity contribution >= 4 is 28.3 Å². The second-order valence-corrected chi connectivity index (χ2v) is 7.37. The molecular formula is C21H22N2O2S. The Hall–Kier alpha value is -2.58. The maximum Gasteiger partial charge on any atom is 0.249 e. The molecule has 0 radical (unpaired) electrons. The quantitative estimate of drug-likeness (QED) is 0.737. The second kappa shape index (κ2) is 8.68. The van der Waals surface area contributed by atoms with Crippen LogP contribution in [0.1, 0.15) is 47.8 Å². The molecule has 0 saturated carbocycles. The number of benzene rings is 1. The molecule has 1 aliphatic rings. The minimum absolute atomic E-state index is 0.216. The van der Waals surface area contributed by atoms with Crippen LogP contribution in [0.5, 0.6) is 5.75 Å². The lowest BCUT2D eigenvalue weighted by Crippen LogP contribution is -2.07. The van der Waals surface area contributed by atoms with Crippen LogP contribution in [0.2, 0.25) is 0 Å². The molecule has 3 rings (SSSR count). The molecule has 5 heteroatoms. The first-order valence-electron chi connectivity index (χ1n) is 8.98. The molecule has 1 aromatic carbocycles. The van der Waals surface area contributed by atoms with Gasteiger partial charge in [-0.05, 0) is 61.4 Å². The summed E-state index contributed by atoms with van der Waals surface area (Å²) in [6.45, 7) is 2.76. The van der Waals surface area contributed by atoms with Gasteiger partial charge < -0.3 is 10.1 Å². The first kappa shape index (κ1) is 18.2. The van der Waals surface area contributed by atoms with Crippen molar-refractivity contribution in [2.75, 3.05) is 11.9 Å². The standard InChI is InChI=1S/C21H22N2O2S/c1-2-13-25-16-10-7-15(8-11-16)9-12-20(24)23-21-18(14-22)17-5-3-4-6-19(17)26-21/h7-12H,2-6,13H2,1H3,(H,23,24). The molecule has 0 unspecified atom stereocenters. The lowest BCUT2D eigenvalue weighted by atomic mass is 9.96. The van der Waals surface area contributed by atoms with Gasteiger partial charge in [0.2, 0.25) is 5.91 Å². The Morgan fingerprint density at radius 2 is 2.08 bits per heavy atom. The molecule has 0 fully saturated rings. The molecule has 2 aromatic rings. The Morgan fingerprint density at radius 3 is 2.81 bits per heavy atom. The van der Waals surface area contributed by atoms with Crippen LogP contribution in [0.3, 0.4) is 0 Å². The van der Waals surface area contributed by atoms with Gasteiger partial charge in [0.15, 0.2) is 0 Å². The van der Waals surface area contributed by atoms with E-state index in [4.69, 9.17) is 4.74 Å². The summed E-state index contributed by atoms with van der Waals surface area (Å²) in [7, 11) is 0. The van der Waals surface area contributed by atoms with E-state index in [0.717, 1.165) is 49.0 Å². The van der Waals surface area contributed by atoms with Crippen LogP contribution in [-0.4, -0.2) is 12.5 Å². The van der Waals surface area contributed by atoms with Gasteiger partial charge in [-0.3, -0.25) is 4.79 Å². The molecule has 0 saturated heterocycles.